The molecule has 1 aliphatic heterocycles. The minimum Gasteiger partial charge on any atom is -0.347 e. The van der Waals surface area contributed by atoms with Crippen LogP contribution in [-0.2, 0) is 19.6 Å². The van der Waals surface area contributed by atoms with Gasteiger partial charge in [0.15, 0.2) is 5.79 Å². The first-order valence-electron chi connectivity index (χ1n) is 20.9. The molecule has 1 fully saturated rings. The number of ether oxygens (including phenoxy) is 2. The van der Waals surface area contributed by atoms with Gasteiger partial charge in [0, 0.05) is 12.8 Å². The fraction of sp³-hybridized carbons (Fsp3) is 0.652. The van der Waals surface area contributed by atoms with Gasteiger partial charge in [-0.1, -0.05) is 137 Å². The molecule has 0 radical (unpaired) electrons. The molecule has 0 aromatic heterocycles. The second-order valence-electron chi connectivity index (χ2n) is 14.1. The van der Waals surface area contributed by atoms with Crippen molar-refractivity contribution in [3.63, 3.8) is 0 Å². The highest BCUT2D eigenvalue weighted by Crippen LogP contribution is 2.35. The molecule has 1 heterocycles. The molecular formula is C46H76O5S. The fourth-order valence-corrected chi connectivity index (χ4v) is 6.61. The lowest BCUT2D eigenvalue weighted by atomic mass is 10.00. The van der Waals surface area contributed by atoms with Gasteiger partial charge in [0.05, 0.1) is 18.5 Å². The van der Waals surface area contributed by atoms with Gasteiger partial charge >= 0.3 is 0 Å². The summed E-state index contributed by atoms with van der Waals surface area (Å²) in [5, 5.41) is 0. The van der Waals surface area contributed by atoms with Crippen molar-refractivity contribution in [2.75, 3.05) is 12.4 Å². The molecule has 296 valence electrons. The van der Waals surface area contributed by atoms with E-state index in [0.29, 0.717) is 19.4 Å². The van der Waals surface area contributed by atoms with Crippen LogP contribution in [-0.4, -0.2) is 37.2 Å². The fourth-order valence-electron chi connectivity index (χ4n) is 6.07. The Balaban J connectivity index is 2.31. The number of hydrogen-bond acceptors (Lipinski definition) is 4. The van der Waals surface area contributed by atoms with Crippen molar-refractivity contribution < 1.29 is 22.4 Å². The van der Waals surface area contributed by atoms with Gasteiger partial charge in [0.1, 0.15) is 0 Å². The van der Waals surface area contributed by atoms with E-state index < -0.39 is 15.9 Å². The lowest BCUT2D eigenvalue weighted by Gasteiger charge is -2.28. The average Bonchev–Trinajstić information content (AvgIpc) is 3.52. The van der Waals surface area contributed by atoms with Crippen LogP contribution in [0.25, 0.3) is 0 Å². The normalized spacial score (nSPS) is 19.0. The predicted octanol–water partition coefficient (Wildman–Crippen LogP) is 13.8. The molecule has 52 heavy (non-hydrogen) atoms. The Morgan fingerprint density at radius 2 is 0.865 bits per heavy atom. The molecule has 5 nitrogen and oxygen atoms in total. The molecule has 0 bridgehead atoms. The van der Waals surface area contributed by atoms with Crippen molar-refractivity contribution in [1.29, 1.82) is 0 Å². The van der Waals surface area contributed by atoms with Gasteiger partial charge in [-0.25, -0.2) is 0 Å². The van der Waals surface area contributed by atoms with E-state index in [4.69, 9.17) is 14.0 Å². The van der Waals surface area contributed by atoms with Crippen molar-refractivity contribution in [2.45, 2.75) is 180 Å². The average molecular weight is 741 g/mol. The van der Waals surface area contributed by atoms with Gasteiger partial charge in [-0.15, -0.1) is 0 Å². The zero-order chi connectivity index (χ0) is 37.7. The number of allylic oxidation sites excluding steroid dienone is 16. The topological polar surface area (TPSA) is 72.8 Å². The largest absolute Gasteiger partial charge is 0.347 e. The molecule has 0 spiro atoms. The SMILES string of the molecule is CCCCCC=CCC=CCC=CCC=CCCCCC1(CCCCC=CCC=CCC=CCC=CCCCCC)OCC(CCCS(=O)(=O)O)O1. The van der Waals surface area contributed by atoms with Crippen LogP contribution >= 0.6 is 0 Å². The first-order valence-corrected chi connectivity index (χ1v) is 22.5. The Kier molecular flexibility index (Phi) is 31.7. The number of unbranched alkanes of at least 4 members (excludes halogenated alkanes) is 10. The highest BCUT2D eigenvalue weighted by atomic mass is 32.2. The van der Waals surface area contributed by atoms with Gasteiger partial charge in [-0.05, 0) is 116 Å². The van der Waals surface area contributed by atoms with Crippen LogP contribution in [0.2, 0.25) is 0 Å². The summed E-state index contributed by atoms with van der Waals surface area (Å²) < 4.78 is 44.2. The van der Waals surface area contributed by atoms with E-state index in [-0.39, 0.29) is 11.9 Å². The van der Waals surface area contributed by atoms with Crippen LogP contribution in [0, 0.1) is 0 Å². The first-order chi connectivity index (χ1) is 25.4. The molecule has 1 rings (SSSR count). The van der Waals surface area contributed by atoms with E-state index in [2.05, 4.69) is 111 Å². The van der Waals surface area contributed by atoms with Gasteiger partial charge in [0.25, 0.3) is 10.1 Å². The highest BCUT2D eigenvalue weighted by molar-refractivity contribution is 7.85. The molecule has 1 atom stereocenters. The Morgan fingerprint density at radius 3 is 1.21 bits per heavy atom. The summed E-state index contributed by atoms with van der Waals surface area (Å²) in [5.74, 6) is -0.817. The van der Waals surface area contributed by atoms with Gasteiger partial charge in [-0.3, -0.25) is 4.55 Å². The predicted molar refractivity (Wildman–Crippen MR) is 225 cm³/mol. The zero-order valence-electron chi connectivity index (χ0n) is 33.2. The summed E-state index contributed by atoms with van der Waals surface area (Å²) in [7, 11) is -3.95. The third-order valence-electron chi connectivity index (χ3n) is 9.11. The summed E-state index contributed by atoms with van der Waals surface area (Å²) in [5.41, 5.74) is 0. The van der Waals surface area contributed by atoms with E-state index in [1.54, 1.807) is 0 Å². The molecule has 1 unspecified atom stereocenters. The summed E-state index contributed by atoms with van der Waals surface area (Å²) in [6, 6.07) is 0. The monoisotopic (exact) mass is 741 g/mol. The maximum absolute atomic E-state index is 11.2. The summed E-state index contributed by atoms with van der Waals surface area (Å²) in [6.07, 6.45) is 61.1. The minimum absolute atomic E-state index is 0.121. The van der Waals surface area contributed by atoms with Crippen LogP contribution < -0.4 is 0 Å². The number of hydrogen-bond donors (Lipinski definition) is 1. The van der Waals surface area contributed by atoms with E-state index in [1.807, 2.05) is 0 Å². The smallest absolute Gasteiger partial charge is 0.264 e. The molecule has 0 saturated carbocycles. The molecule has 0 aromatic rings. The lowest BCUT2D eigenvalue weighted by Crippen LogP contribution is -2.31. The maximum atomic E-state index is 11.2. The maximum Gasteiger partial charge on any atom is 0.264 e. The van der Waals surface area contributed by atoms with Crippen LogP contribution in [0.5, 0.6) is 0 Å². The Hall–Kier alpha value is -2.25. The first kappa shape index (κ1) is 47.8. The standard InChI is InChI=1S/C46H76O5S/c1-3-5-7-9-11-13-15-17-19-21-23-25-27-29-31-33-35-37-41-46(50-44-45(51-46)40-39-43-52(47,48)49)42-38-36-34-32-30-28-26-24-22-20-18-16-14-12-10-8-6-4-2/h11-14,17-20,23-26,29-32,45H,3-10,15-16,21-22,27-28,33-44H2,1-2H3,(H,47,48,49). The van der Waals surface area contributed by atoms with E-state index in [9.17, 15) is 8.42 Å². The number of rotatable bonds is 34. The third-order valence-corrected chi connectivity index (χ3v) is 9.92. The summed E-state index contributed by atoms with van der Waals surface area (Å²) >= 11 is 0. The van der Waals surface area contributed by atoms with Gasteiger partial charge in [-0.2, -0.15) is 8.42 Å². The zero-order valence-corrected chi connectivity index (χ0v) is 34.0. The molecule has 1 aliphatic rings. The molecule has 6 heteroatoms. The van der Waals surface area contributed by atoms with Crippen molar-refractivity contribution in [3.8, 4) is 0 Å². The molecule has 0 amide bonds. The second-order valence-corrected chi connectivity index (χ2v) is 15.6. The molecule has 0 aromatic carbocycles. The summed E-state index contributed by atoms with van der Waals surface area (Å²) in [6.45, 7) is 4.97. The second kappa shape index (κ2) is 34.5. The quantitative estimate of drug-likeness (QED) is 0.0404. The lowest BCUT2D eigenvalue weighted by molar-refractivity contribution is -0.179. The molecule has 0 aliphatic carbocycles. The Labute approximate surface area is 320 Å². The Morgan fingerprint density at radius 1 is 0.519 bits per heavy atom. The minimum atomic E-state index is -3.95. The van der Waals surface area contributed by atoms with Gasteiger partial charge < -0.3 is 9.47 Å². The van der Waals surface area contributed by atoms with Crippen LogP contribution in [0.15, 0.2) is 97.2 Å². The van der Waals surface area contributed by atoms with Crippen molar-refractivity contribution in [2.24, 2.45) is 0 Å². The van der Waals surface area contributed by atoms with Crippen LogP contribution in [0.3, 0.4) is 0 Å². The highest BCUT2D eigenvalue weighted by Gasteiger charge is 2.40. The van der Waals surface area contributed by atoms with Crippen molar-refractivity contribution in [3.05, 3.63) is 97.2 Å². The van der Waals surface area contributed by atoms with E-state index in [0.717, 1.165) is 89.9 Å². The molecular weight excluding hydrogens is 665 g/mol. The molecule has 1 saturated heterocycles. The van der Waals surface area contributed by atoms with Crippen LogP contribution in [0.4, 0.5) is 0 Å². The summed E-state index contributed by atoms with van der Waals surface area (Å²) in [4.78, 5) is 0. The molecule has 1 N–H and O–H groups in total. The van der Waals surface area contributed by atoms with Crippen molar-refractivity contribution >= 4 is 10.1 Å². The van der Waals surface area contributed by atoms with Gasteiger partial charge in [0.2, 0.25) is 0 Å². The third kappa shape index (κ3) is 31.3. The van der Waals surface area contributed by atoms with E-state index >= 15 is 0 Å². The van der Waals surface area contributed by atoms with Crippen LogP contribution in [0.1, 0.15) is 168 Å². The van der Waals surface area contributed by atoms with E-state index in [1.165, 1.54) is 51.4 Å². The van der Waals surface area contributed by atoms with Crippen molar-refractivity contribution in [1.82, 2.24) is 0 Å². The Bertz CT molecular complexity index is 1110.